The van der Waals surface area contributed by atoms with Crippen molar-refractivity contribution in [2.24, 2.45) is 0 Å². The normalized spacial score (nSPS) is 16.8. The summed E-state index contributed by atoms with van der Waals surface area (Å²) in [7, 11) is 0. The number of H-pyrrole nitrogens is 1. The van der Waals surface area contributed by atoms with Gasteiger partial charge in [0.05, 0.1) is 6.61 Å². The number of esters is 1. The summed E-state index contributed by atoms with van der Waals surface area (Å²) in [6, 6.07) is 0.249. The van der Waals surface area contributed by atoms with Crippen molar-refractivity contribution < 1.29 is 9.53 Å². The van der Waals surface area contributed by atoms with Crippen LogP contribution in [-0.4, -0.2) is 40.4 Å². The van der Waals surface area contributed by atoms with Crippen LogP contribution in [0.2, 0.25) is 0 Å². The molecule has 1 aromatic heterocycles. The van der Waals surface area contributed by atoms with E-state index in [2.05, 4.69) is 15.3 Å². The fourth-order valence-corrected chi connectivity index (χ4v) is 2.30. The van der Waals surface area contributed by atoms with Crippen LogP contribution in [0.5, 0.6) is 0 Å². The Morgan fingerprint density at radius 2 is 2.59 bits per heavy atom. The van der Waals surface area contributed by atoms with Crippen LogP contribution in [0.15, 0.2) is 17.6 Å². The molecule has 94 valence electrons. The molecule has 1 atom stereocenters. The molecule has 0 radical (unpaired) electrons. The van der Waals surface area contributed by atoms with E-state index in [1.165, 1.54) is 11.8 Å². The SMILES string of the molecule is CCOC(=O)C(CSc1ncc[nH]1)NC1CC1. The van der Waals surface area contributed by atoms with Crippen LogP contribution in [-0.2, 0) is 9.53 Å². The van der Waals surface area contributed by atoms with Crippen molar-refractivity contribution in [3.8, 4) is 0 Å². The Morgan fingerprint density at radius 1 is 1.76 bits per heavy atom. The molecule has 0 saturated heterocycles. The number of thioether (sulfide) groups is 1. The molecule has 6 heteroatoms. The van der Waals surface area contributed by atoms with Crippen LogP contribution in [0.25, 0.3) is 0 Å². The minimum absolute atomic E-state index is 0.168. The number of aromatic amines is 1. The third-order valence-electron chi connectivity index (χ3n) is 2.45. The molecule has 5 nitrogen and oxygen atoms in total. The zero-order valence-electron chi connectivity index (χ0n) is 9.81. The largest absolute Gasteiger partial charge is 0.465 e. The highest BCUT2D eigenvalue weighted by molar-refractivity contribution is 7.99. The van der Waals surface area contributed by atoms with E-state index < -0.39 is 0 Å². The fourth-order valence-electron chi connectivity index (χ4n) is 1.45. The number of nitrogens with one attached hydrogen (secondary N) is 2. The highest BCUT2D eigenvalue weighted by Crippen LogP contribution is 2.21. The first-order valence-electron chi connectivity index (χ1n) is 5.84. The summed E-state index contributed by atoms with van der Waals surface area (Å²) in [6.45, 7) is 2.25. The van der Waals surface area contributed by atoms with Gasteiger partial charge in [-0.2, -0.15) is 0 Å². The molecule has 1 heterocycles. The van der Waals surface area contributed by atoms with Crippen molar-refractivity contribution in [1.82, 2.24) is 15.3 Å². The first kappa shape index (κ1) is 12.4. The molecule has 2 rings (SSSR count). The van der Waals surface area contributed by atoms with Gasteiger partial charge in [0, 0.05) is 24.2 Å². The van der Waals surface area contributed by atoms with Crippen molar-refractivity contribution in [3.05, 3.63) is 12.4 Å². The van der Waals surface area contributed by atoms with Crippen molar-refractivity contribution >= 4 is 17.7 Å². The summed E-state index contributed by atoms with van der Waals surface area (Å²) in [5, 5.41) is 4.13. The lowest BCUT2D eigenvalue weighted by Gasteiger charge is -2.15. The van der Waals surface area contributed by atoms with Crippen LogP contribution in [0.3, 0.4) is 0 Å². The summed E-state index contributed by atoms with van der Waals surface area (Å²) >= 11 is 1.53. The summed E-state index contributed by atoms with van der Waals surface area (Å²) in [5.74, 6) is 0.474. The number of nitrogens with zero attached hydrogens (tertiary/aromatic N) is 1. The second kappa shape index (κ2) is 6.07. The Labute approximate surface area is 105 Å². The van der Waals surface area contributed by atoms with Gasteiger partial charge in [0.25, 0.3) is 0 Å². The molecule has 1 unspecified atom stereocenters. The highest BCUT2D eigenvalue weighted by atomic mass is 32.2. The summed E-state index contributed by atoms with van der Waals surface area (Å²) in [4.78, 5) is 18.9. The smallest absolute Gasteiger partial charge is 0.324 e. The molecule has 1 fully saturated rings. The number of rotatable bonds is 7. The first-order valence-corrected chi connectivity index (χ1v) is 6.83. The van der Waals surface area contributed by atoms with Crippen LogP contribution < -0.4 is 5.32 Å². The molecule has 1 aliphatic carbocycles. The number of ether oxygens (including phenoxy) is 1. The Morgan fingerprint density at radius 3 is 3.18 bits per heavy atom. The molecule has 17 heavy (non-hydrogen) atoms. The van der Waals surface area contributed by atoms with Gasteiger partial charge in [0.1, 0.15) is 6.04 Å². The van der Waals surface area contributed by atoms with Gasteiger partial charge in [-0.25, -0.2) is 4.98 Å². The highest BCUT2D eigenvalue weighted by Gasteiger charge is 2.29. The van der Waals surface area contributed by atoms with Crippen LogP contribution >= 0.6 is 11.8 Å². The molecular formula is C11H17N3O2S. The minimum Gasteiger partial charge on any atom is -0.465 e. The number of aromatic nitrogens is 2. The number of imidazole rings is 1. The van der Waals surface area contributed by atoms with E-state index in [1.807, 2.05) is 6.92 Å². The molecule has 2 N–H and O–H groups in total. The van der Waals surface area contributed by atoms with E-state index >= 15 is 0 Å². The zero-order valence-corrected chi connectivity index (χ0v) is 10.6. The van der Waals surface area contributed by atoms with Crippen molar-refractivity contribution in [2.45, 2.75) is 37.0 Å². The lowest BCUT2D eigenvalue weighted by atomic mass is 10.3. The van der Waals surface area contributed by atoms with Gasteiger partial charge in [-0.3, -0.25) is 4.79 Å². The van der Waals surface area contributed by atoms with Crippen LogP contribution in [0.4, 0.5) is 0 Å². The lowest BCUT2D eigenvalue weighted by Crippen LogP contribution is -2.41. The average Bonchev–Trinajstić information content (AvgIpc) is 2.98. The van der Waals surface area contributed by atoms with Crippen molar-refractivity contribution in [2.75, 3.05) is 12.4 Å². The van der Waals surface area contributed by atoms with E-state index in [0.717, 1.165) is 18.0 Å². The van der Waals surface area contributed by atoms with Gasteiger partial charge in [-0.05, 0) is 19.8 Å². The first-order chi connectivity index (χ1) is 8.29. The number of carbonyl (C=O) groups is 1. The molecule has 0 aromatic carbocycles. The molecule has 0 spiro atoms. The monoisotopic (exact) mass is 255 g/mol. The molecule has 0 bridgehead atoms. The number of hydrogen-bond donors (Lipinski definition) is 2. The zero-order chi connectivity index (χ0) is 12.1. The predicted molar refractivity (Wildman–Crippen MR) is 65.9 cm³/mol. The lowest BCUT2D eigenvalue weighted by molar-refractivity contribution is -0.145. The number of hydrogen-bond acceptors (Lipinski definition) is 5. The Bertz CT molecular complexity index is 352. The molecular weight excluding hydrogens is 238 g/mol. The maximum absolute atomic E-state index is 11.7. The molecule has 0 amide bonds. The van der Waals surface area contributed by atoms with E-state index in [-0.39, 0.29) is 12.0 Å². The second-order valence-electron chi connectivity index (χ2n) is 3.95. The third-order valence-corrected chi connectivity index (χ3v) is 3.44. The summed E-state index contributed by atoms with van der Waals surface area (Å²) < 4.78 is 5.06. The van der Waals surface area contributed by atoms with Gasteiger partial charge in [-0.15, -0.1) is 0 Å². The Balaban J connectivity index is 1.83. The maximum atomic E-state index is 11.7. The quantitative estimate of drug-likeness (QED) is 0.566. The van der Waals surface area contributed by atoms with Gasteiger partial charge in [0.15, 0.2) is 5.16 Å². The van der Waals surface area contributed by atoms with E-state index in [9.17, 15) is 4.79 Å². The standard InChI is InChI=1S/C11H17N3O2S/c1-2-16-10(15)9(14-8-3-4-8)7-17-11-12-5-6-13-11/h5-6,8-9,14H,2-4,7H2,1H3,(H,12,13). The molecule has 1 aliphatic rings. The van der Waals surface area contributed by atoms with Crippen molar-refractivity contribution in [3.63, 3.8) is 0 Å². The summed E-state index contributed by atoms with van der Waals surface area (Å²) in [6.07, 6.45) is 5.79. The van der Waals surface area contributed by atoms with Crippen LogP contribution in [0, 0.1) is 0 Å². The molecule has 1 saturated carbocycles. The Kier molecular flexibility index (Phi) is 4.44. The van der Waals surface area contributed by atoms with Gasteiger partial charge in [-0.1, -0.05) is 11.8 Å². The third kappa shape index (κ3) is 4.05. The predicted octanol–water partition coefficient (Wildman–Crippen LogP) is 1.19. The van der Waals surface area contributed by atoms with E-state index in [0.29, 0.717) is 18.4 Å². The average molecular weight is 255 g/mol. The number of carbonyl (C=O) groups excluding carboxylic acids is 1. The van der Waals surface area contributed by atoms with Gasteiger partial charge < -0.3 is 15.0 Å². The van der Waals surface area contributed by atoms with Crippen LogP contribution in [0.1, 0.15) is 19.8 Å². The van der Waals surface area contributed by atoms with Crippen molar-refractivity contribution in [1.29, 1.82) is 0 Å². The van der Waals surface area contributed by atoms with Gasteiger partial charge >= 0.3 is 5.97 Å². The van der Waals surface area contributed by atoms with Gasteiger partial charge in [0.2, 0.25) is 0 Å². The minimum atomic E-state index is -0.238. The molecule has 1 aromatic rings. The van der Waals surface area contributed by atoms with E-state index in [1.54, 1.807) is 12.4 Å². The topological polar surface area (TPSA) is 67.0 Å². The fraction of sp³-hybridized carbons (Fsp3) is 0.636. The Hall–Kier alpha value is -1.01. The van der Waals surface area contributed by atoms with E-state index in [4.69, 9.17) is 4.74 Å². The maximum Gasteiger partial charge on any atom is 0.324 e. The summed E-state index contributed by atoms with van der Waals surface area (Å²) in [5.41, 5.74) is 0. The second-order valence-corrected chi connectivity index (χ2v) is 4.96. The molecule has 0 aliphatic heterocycles.